The minimum Gasteiger partial charge on any atom is -0.267 e. The zero-order chi connectivity index (χ0) is 13.1. The summed E-state index contributed by atoms with van der Waals surface area (Å²) in [4.78, 5) is 0. The normalized spacial score (nSPS) is 11.3. The zero-order valence-electron chi connectivity index (χ0n) is 9.56. The van der Waals surface area contributed by atoms with Crippen molar-refractivity contribution in [3.8, 4) is 6.07 Å². The van der Waals surface area contributed by atoms with E-state index in [0.29, 0.717) is 10.6 Å². The molecule has 0 N–H and O–H groups in total. The lowest BCUT2D eigenvalue weighted by molar-refractivity contribution is 0.759. The standard InChI is InChI=1S/C13H9BrClN3/c1-18-13(12(14)8-17-18)6-10(7-16)9-2-4-11(15)5-3-9/h2-6,8H,1H3/b10-6+. The van der Waals surface area contributed by atoms with Crippen LogP contribution in [0.2, 0.25) is 5.02 Å². The van der Waals surface area contributed by atoms with E-state index >= 15 is 0 Å². The van der Waals surface area contributed by atoms with Gasteiger partial charge in [0.25, 0.3) is 0 Å². The summed E-state index contributed by atoms with van der Waals surface area (Å²) in [6, 6.07) is 9.36. The molecule has 0 aliphatic carbocycles. The predicted octanol–water partition coefficient (Wildman–Crippen LogP) is 3.90. The Balaban J connectivity index is 2.47. The van der Waals surface area contributed by atoms with Crippen molar-refractivity contribution < 1.29 is 0 Å². The average Bonchev–Trinajstić information content (AvgIpc) is 2.68. The molecule has 1 aromatic heterocycles. The molecule has 0 aliphatic rings. The summed E-state index contributed by atoms with van der Waals surface area (Å²) in [5.74, 6) is 0. The molecule has 0 atom stereocenters. The summed E-state index contributed by atoms with van der Waals surface area (Å²) in [6.07, 6.45) is 3.49. The Kier molecular flexibility index (Phi) is 3.85. The van der Waals surface area contributed by atoms with E-state index < -0.39 is 0 Å². The number of rotatable bonds is 2. The zero-order valence-corrected chi connectivity index (χ0v) is 11.9. The lowest BCUT2D eigenvalue weighted by Gasteiger charge is -2.01. The molecule has 2 aromatic rings. The minimum absolute atomic E-state index is 0.566. The van der Waals surface area contributed by atoms with Gasteiger partial charge in [0.1, 0.15) is 0 Å². The number of nitrogens with zero attached hydrogens (tertiary/aromatic N) is 3. The fourth-order valence-electron chi connectivity index (χ4n) is 1.53. The highest BCUT2D eigenvalue weighted by Gasteiger charge is 2.06. The van der Waals surface area contributed by atoms with Crippen molar-refractivity contribution in [1.82, 2.24) is 9.78 Å². The third kappa shape index (κ3) is 2.63. The van der Waals surface area contributed by atoms with Crippen molar-refractivity contribution in [2.45, 2.75) is 0 Å². The molecule has 0 saturated carbocycles. The van der Waals surface area contributed by atoms with Gasteiger partial charge in [-0.15, -0.1) is 0 Å². The van der Waals surface area contributed by atoms with E-state index in [1.807, 2.05) is 19.2 Å². The van der Waals surface area contributed by atoms with Gasteiger partial charge in [-0.1, -0.05) is 23.7 Å². The largest absolute Gasteiger partial charge is 0.267 e. The maximum Gasteiger partial charge on any atom is 0.0998 e. The highest BCUT2D eigenvalue weighted by Crippen LogP contribution is 2.23. The number of aryl methyl sites for hydroxylation is 1. The Hall–Kier alpha value is -1.57. The fraction of sp³-hybridized carbons (Fsp3) is 0.0769. The molecule has 0 unspecified atom stereocenters. The van der Waals surface area contributed by atoms with Crippen LogP contribution in [0.25, 0.3) is 11.6 Å². The molecular weight excluding hydrogens is 314 g/mol. The first kappa shape index (κ1) is 12.9. The molecule has 0 aliphatic heterocycles. The van der Waals surface area contributed by atoms with E-state index in [0.717, 1.165) is 15.7 Å². The Bertz CT molecular complexity index is 616. The first-order valence-electron chi connectivity index (χ1n) is 5.17. The second-order valence-electron chi connectivity index (χ2n) is 3.68. The molecule has 0 radical (unpaired) electrons. The Morgan fingerprint density at radius 2 is 2.11 bits per heavy atom. The van der Waals surface area contributed by atoms with Gasteiger partial charge in [0.2, 0.25) is 0 Å². The number of allylic oxidation sites excluding steroid dienone is 1. The van der Waals surface area contributed by atoms with Crippen molar-refractivity contribution >= 4 is 39.2 Å². The van der Waals surface area contributed by atoms with Gasteiger partial charge >= 0.3 is 0 Å². The quantitative estimate of drug-likeness (QED) is 0.787. The van der Waals surface area contributed by atoms with Gasteiger partial charge in [-0.05, 0) is 39.7 Å². The average molecular weight is 323 g/mol. The van der Waals surface area contributed by atoms with Crippen LogP contribution in [0.15, 0.2) is 34.9 Å². The SMILES string of the molecule is Cn1ncc(Br)c1/C=C(\C#N)c1ccc(Cl)cc1. The Morgan fingerprint density at radius 3 is 2.61 bits per heavy atom. The Labute approximate surface area is 118 Å². The second kappa shape index (κ2) is 5.38. The molecule has 0 amide bonds. The number of benzene rings is 1. The van der Waals surface area contributed by atoms with Crippen LogP contribution < -0.4 is 0 Å². The molecule has 2 rings (SSSR count). The van der Waals surface area contributed by atoms with Crippen LogP contribution >= 0.6 is 27.5 Å². The maximum atomic E-state index is 9.23. The van der Waals surface area contributed by atoms with Crippen molar-refractivity contribution in [1.29, 1.82) is 5.26 Å². The van der Waals surface area contributed by atoms with E-state index in [2.05, 4.69) is 27.1 Å². The molecule has 18 heavy (non-hydrogen) atoms. The van der Waals surface area contributed by atoms with Gasteiger partial charge in [-0.25, -0.2) is 0 Å². The van der Waals surface area contributed by atoms with Crippen LogP contribution in [-0.4, -0.2) is 9.78 Å². The monoisotopic (exact) mass is 321 g/mol. The molecular formula is C13H9BrClN3. The first-order chi connectivity index (χ1) is 8.61. The molecule has 5 heteroatoms. The van der Waals surface area contributed by atoms with Gasteiger partial charge in [-0.2, -0.15) is 10.4 Å². The number of hydrogen-bond acceptors (Lipinski definition) is 2. The number of aromatic nitrogens is 2. The molecule has 1 heterocycles. The fourth-order valence-corrected chi connectivity index (χ4v) is 2.12. The lowest BCUT2D eigenvalue weighted by atomic mass is 10.1. The van der Waals surface area contributed by atoms with Gasteiger partial charge < -0.3 is 0 Å². The molecule has 0 fully saturated rings. The van der Waals surface area contributed by atoms with Crippen LogP contribution in [0.4, 0.5) is 0 Å². The van der Waals surface area contributed by atoms with Crippen molar-refractivity contribution in [3.05, 3.63) is 51.2 Å². The number of nitriles is 1. The summed E-state index contributed by atoms with van der Waals surface area (Å²) in [5.41, 5.74) is 2.24. The van der Waals surface area contributed by atoms with Crippen LogP contribution in [0.1, 0.15) is 11.3 Å². The van der Waals surface area contributed by atoms with Crippen LogP contribution in [0.3, 0.4) is 0 Å². The topological polar surface area (TPSA) is 41.6 Å². The highest BCUT2D eigenvalue weighted by molar-refractivity contribution is 9.10. The molecule has 0 spiro atoms. The first-order valence-corrected chi connectivity index (χ1v) is 6.34. The van der Waals surface area contributed by atoms with E-state index in [1.165, 1.54) is 0 Å². The summed E-state index contributed by atoms with van der Waals surface area (Å²) < 4.78 is 2.56. The van der Waals surface area contributed by atoms with Crippen molar-refractivity contribution in [2.75, 3.05) is 0 Å². The second-order valence-corrected chi connectivity index (χ2v) is 4.97. The van der Waals surface area contributed by atoms with Gasteiger partial charge in [0.05, 0.1) is 28.0 Å². The van der Waals surface area contributed by atoms with E-state index in [4.69, 9.17) is 11.6 Å². The molecule has 3 nitrogen and oxygen atoms in total. The van der Waals surface area contributed by atoms with E-state index in [9.17, 15) is 5.26 Å². The van der Waals surface area contributed by atoms with Crippen LogP contribution in [-0.2, 0) is 7.05 Å². The van der Waals surface area contributed by atoms with Crippen LogP contribution in [0.5, 0.6) is 0 Å². The third-order valence-electron chi connectivity index (χ3n) is 2.49. The molecule has 0 saturated heterocycles. The van der Waals surface area contributed by atoms with Gasteiger partial charge in [-0.3, -0.25) is 4.68 Å². The molecule has 0 bridgehead atoms. The summed E-state index contributed by atoms with van der Waals surface area (Å²) in [5, 5.41) is 14.0. The highest BCUT2D eigenvalue weighted by atomic mass is 79.9. The molecule has 1 aromatic carbocycles. The minimum atomic E-state index is 0.566. The van der Waals surface area contributed by atoms with Crippen molar-refractivity contribution in [2.24, 2.45) is 7.05 Å². The maximum absolute atomic E-state index is 9.23. The summed E-state index contributed by atoms with van der Waals surface area (Å²) in [6.45, 7) is 0. The molecule has 90 valence electrons. The van der Waals surface area contributed by atoms with E-state index in [1.54, 1.807) is 29.1 Å². The lowest BCUT2D eigenvalue weighted by Crippen LogP contribution is -1.93. The van der Waals surface area contributed by atoms with Gasteiger partial charge in [0.15, 0.2) is 0 Å². The Morgan fingerprint density at radius 1 is 1.44 bits per heavy atom. The van der Waals surface area contributed by atoms with Crippen LogP contribution in [0, 0.1) is 11.3 Å². The van der Waals surface area contributed by atoms with Crippen molar-refractivity contribution in [3.63, 3.8) is 0 Å². The third-order valence-corrected chi connectivity index (χ3v) is 3.36. The van der Waals surface area contributed by atoms with Gasteiger partial charge in [0, 0.05) is 12.1 Å². The van der Waals surface area contributed by atoms with E-state index in [-0.39, 0.29) is 0 Å². The smallest absolute Gasteiger partial charge is 0.0998 e. The number of halogens is 2. The predicted molar refractivity (Wildman–Crippen MR) is 75.8 cm³/mol. The summed E-state index contributed by atoms with van der Waals surface area (Å²) >= 11 is 9.23. The summed E-state index contributed by atoms with van der Waals surface area (Å²) in [7, 11) is 1.83. The number of hydrogen-bond donors (Lipinski definition) is 0.